The van der Waals surface area contributed by atoms with Gasteiger partial charge in [0.1, 0.15) is 0 Å². The van der Waals surface area contributed by atoms with Crippen molar-refractivity contribution in [2.24, 2.45) is 0 Å². The second-order valence-electron chi connectivity index (χ2n) is 10.0. The van der Waals surface area contributed by atoms with E-state index in [1.807, 2.05) is 0 Å². The second-order valence-corrected chi connectivity index (χ2v) is 14.7. The van der Waals surface area contributed by atoms with Gasteiger partial charge in [-0.3, -0.25) is 0 Å². The number of rotatable bonds is 6. The predicted octanol–water partition coefficient (Wildman–Crippen LogP) is 3.20. The Bertz CT molecular complexity index is 1530. The minimum absolute atomic E-state index is 0. The maximum atomic E-state index is 2.64. The fourth-order valence-corrected chi connectivity index (χ4v) is 12.8. The predicted molar refractivity (Wildman–Crippen MR) is 153 cm³/mol. The van der Waals surface area contributed by atoms with E-state index in [1.165, 1.54) is 52.4 Å². The van der Waals surface area contributed by atoms with Gasteiger partial charge in [-0.25, -0.2) is 0 Å². The molecule has 38 heavy (non-hydrogen) atoms. The first-order chi connectivity index (χ1) is 17.8. The summed E-state index contributed by atoms with van der Waals surface area (Å²) in [4.78, 5) is 0. The molecular weight excluding hydrogens is 558 g/mol. The van der Waals surface area contributed by atoms with Crippen molar-refractivity contribution < 1.29 is 44.0 Å². The first-order valence-corrected chi connectivity index (χ1v) is 16.5. The van der Waals surface area contributed by atoms with Crippen LogP contribution in [0.5, 0.6) is 0 Å². The number of benzene rings is 4. The van der Waals surface area contributed by atoms with Gasteiger partial charge in [0.15, 0.2) is 0 Å². The molecule has 3 unspecified atom stereocenters. The van der Waals surface area contributed by atoms with E-state index >= 15 is 0 Å². The first kappa shape index (κ1) is 27.6. The number of allylic oxidation sites excluding steroid dienone is 2. The maximum absolute atomic E-state index is 2.64. The van der Waals surface area contributed by atoms with Gasteiger partial charge in [0.05, 0.1) is 0 Å². The van der Waals surface area contributed by atoms with Crippen molar-refractivity contribution >= 4 is 25.4 Å². The van der Waals surface area contributed by atoms with Crippen LogP contribution in [0.25, 0.3) is 34.4 Å². The van der Waals surface area contributed by atoms with Crippen molar-refractivity contribution in [1.82, 2.24) is 0 Å². The number of fused-ring (bicyclic) bond motifs is 3. The summed E-state index contributed by atoms with van der Waals surface area (Å²) in [6.07, 6.45) is 11.5. The zero-order chi connectivity index (χ0) is 24.1. The molecular formula is C34H29Cl2PTi. The third kappa shape index (κ3) is 4.60. The standard InChI is InChI=1S/C19H18P.C15H11.2ClH.Ti/c1-2-3-11-20-15-12-14-7-6-9-16(18(14)13-15)17-8-4-5-10-19(17)20;1-2-6-12(7-3-1)14-10-4-8-13-9-5-11-15(13)14;;;/h4-10,12-13H,2-3,11H2,1H3;1-11H;2*1H;/q;;;;+2/p-2. The van der Waals surface area contributed by atoms with Gasteiger partial charge < -0.3 is 24.8 Å². The number of hydrogen-bond donors (Lipinski definition) is 0. The molecule has 3 aliphatic rings. The third-order valence-corrected chi connectivity index (χ3v) is 13.9. The molecule has 1 heterocycles. The van der Waals surface area contributed by atoms with Crippen molar-refractivity contribution in [3.8, 4) is 22.3 Å². The first-order valence-electron chi connectivity index (χ1n) is 13.2. The molecule has 1 aliphatic heterocycles. The number of unbranched alkanes of at least 4 members (excludes halogenated alkanes) is 1. The van der Waals surface area contributed by atoms with Crippen molar-refractivity contribution in [1.29, 1.82) is 0 Å². The van der Waals surface area contributed by atoms with Crippen LogP contribution < -0.4 is 30.1 Å². The summed E-state index contributed by atoms with van der Waals surface area (Å²) < 4.78 is 1.22. The maximum Gasteiger partial charge on any atom is -1.00 e. The molecule has 0 spiro atoms. The summed E-state index contributed by atoms with van der Waals surface area (Å²) in [6, 6.07) is 34.3. The van der Waals surface area contributed by atoms with Crippen molar-refractivity contribution in [2.75, 3.05) is 6.16 Å². The van der Waals surface area contributed by atoms with Crippen LogP contribution in [-0.2, 0) is 19.2 Å². The van der Waals surface area contributed by atoms with Crippen LogP contribution >= 0.6 is 7.92 Å². The van der Waals surface area contributed by atoms with Crippen molar-refractivity contribution in [3.05, 3.63) is 125 Å². The van der Waals surface area contributed by atoms with E-state index in [4.69, 9.17) is 0 Å². The number of halogens is 2. The van der Waals surface area contributed by atoms with Crippen LogP contribution in [0.1, 0.15) is 50.5 Å². The molecule has 0 fully saturated rings. The molecule has 0 nitrogen and oxygen atoms in total. The van der Waals surface area contributed by atoms with Crippen LogP contribution in [0.2, 0.25) is 0 Å². The van der Waals surface area contributed by atoms with Crippen molar-refractivity contribution in [3.63, 3.8) is 0 Å². The summed E-state index contributed by atoms with van der Waals surface area (Å²) in [5.74, 6) is 0. The van der Waals surface area contributed by atoms with E-state index in [1.54, 1.807) is 21.7 Å². The SMILES string of the molecule is CCCCP1C2=Cc3c(cccc3[CH]2[Ti+2][CH]2C=Cc3c(-c4ccccc4)cccc32)-c2ccccc21.[Cl-].[Cl-]. The average Bonchev–Trinajstić information content (AvgIpc) is 3.47. The molecule has 3 atom stereocenters. The molecule has 2 bridgehead atoms. The molecule has 7 rings (SSSR count). The second kappa shape index (κ2) is 11.7. The smallest absolute Gasteiger partial charge is 1.00 e. The van der Waals surface area contributed by atoms with E-state index in [9.17, 15) is 0 Å². The van der Waals surface area contributed by atoms with Gasteiger partial charge in [-0.1, -0.05) is 0 Å². The van der Waals surface area contributed by atoms with E-state index < -0.39 is 0 Å². The van der Waals surface area contributed by atoms with Gasteiger partial charge in [0, 0.05) is 0 Å². The molecule has 0 saturated heterocycles. The normalized spacial score (nSPS) is 19.3. The fourth-order valence-electron chi connectivity index (χ4n) is 6.20. The van der Waals surface area contributed by atoms with E-state index in [2.05, 4.69) is 116 Å². The molecule has 0 saturated carbocycles. The van der Waals surface area contributed by atoms with Gasteiger partial charge in [0.25, 0.3) is 0 Å². The fraction of sp³-hybridized carbons (Fsp3) is 0.176. The van der Waals surface area contributed by atoms with Crippen LogP contribution in [-0.4, -0.2) is 6.16 Å². The Hall–Kier alpha value is -1.92. The largest absolute Gasteiger partial charge is 1.00 e. The van der Waals surface area contributed by atoms with Crippen LogP contribution in [0.4, 0.5) is 0 Å². The van der Waals surface area contributed by atoms with Crippen molar-refractivity contribution in [2.45, 2.75) is 28.2 Å². The minimum atomic E-state index is -0.319. The zero-order valence-electron chi connectivity index (χ0n) is 21.4. The topological polar surface area (TPSA) is 0 Å². The molecule has 188 valence electrons. The van der Waals surface area contributed by atoms with Gasteiger partial charge >= 0.3 is 226 Å². The van der Waals surface area contributed by atoms with Gasteiger partial charge in [-0.2, -0.15) is 0 Å². The third-order valence-electron chi connectivity index (χ3n) is 7.93. The summed E-state index contributed by atoms with van der Waals surface area (Å²) in [6.45, 7) is 2.34. The Kier molecular flexibility index (Phi) is 8.49. The Morgan fingerprint density at radius 2 is 1.42 bits per heavy atom. The van der Waals surface area contributed by atoms with E-state index in [0.29, 0.717) is 8.45 Å². The van der Waals surface area contributed by atoms with Crippen LogP contribution in [0, 0.1) is 0 Å². The molecule has 0 aromatic heterocycles. The van der Waals surface area contributed by atoms with Gasteiger partial charge in [-0.15, -0.1) is 0 Å². The summed E-state index contributed by atoms with van der Waals surface area (Å²) >= 11 is -0.319. The Labute approximate surface area is 249 Å². The Morgan fingerprint density at radius 1 is 0.711 bits per heavy atom. The van der Waals surface area contributed by atoms with Gasteiger partial charge in [0.2, 0.25) is 0 Å². The molecule has 0 amide bonds. The molecule has 0 N–H and O–H groups in total. The van der Waals surface area contributed by atoms with Crippen LogP contribution in [0.15, 0.2) is 102 Å². The van der Waals surface area contributed by atoms with Gasteiger partial charge in [-0.05, 0) is 0 Å². The Balaban J connectivity index is 0.00000147. The molecule has 4 heteroatoms. The zero-order valence-corrected chi connectivity index (χ0v) is 25.3. The summed E-state index contributed by atoms with van der Waals surface area (Å²) in [7, 11) is -0.284. The number of hydrogen-bond acceptors (Lipinski definition) is 0. The minimum Gasteiger partial charge on any atom is -1.00 e. The van der Waals surface area contributed by atoms with Crippen LogP contribution in [0.3, 0.4) is 0 Å². The molecule has 2 aliphatic carbocycles. The molecule has 4 aromatic rings. The monoisotopic (exact) mass is 586 g/mol. The quantitative estimate of drug-likeness (QED) is 0.240. The Morgan fingerprint density at radius 3 is 2.24 bits per heavy atom. The summed E-state index contributed by atoms with van der Waals surface area (Å²) in [5, 5.41) is 3.39. The summed E-state index contributed by atoms with van der Waals surface area (Å²) in [5.41, 5.74) is 11.8. The van der Waals surface area contributed by atoms with E-state index in [-0.39, 0.29) is 51.9 Å². The average molecular weight is 587 g/mol. The molecule has 4 aromatic carbocycles. The molecule has 0 radical (unpaired) electrons. The van der Waals surface area contributed by atoms with E-state index in [0.717, 1.165) is 0 Å².